The summed E-state index contributed by atoms with van der Waals surface area (Å²) in [6, 6.07) is 3.01. The number of benzene rings is 1. The van der Waals surface area contributed by atoms with E-state index in [0.717, 1.165) is 35.8 Å². The van der Waals surface area contributed by atoms with Crippen LogP contribution in [-0.2, 0) is 9.59 Å². The molecular formula is C16H12N4O6. The summed E-state index contributed by atoms with van der Waals surface area (Å²) in [5.74, 6) is -1.52. The van der Waals surface area contributed by atoms with Gasteiger partial charge in [0.05, 0.1) is 34.0 Å². The number of nitro benzene ring substituents is 2. The number of amides is 2. The number of allylic oxidation sites excluding steroid dienone is 2. The average Bonchev–Trinajstić information content (AvgIpc) is 3.27. The summed E-state index contributed by atoms with van der Waals surface area (Å²) in [5, 5.41) is 26.5. The molecule has 0 radical (unpaired) electrons. The molecule has 3 aliphatic rings. The summed E-state index contributed by atoms with van der Waals surface area (Å²) in [7, 11) is 0. The van der Waals surface area contributed by atoms with E-state index in [4.69, 9.17) is 0 Å². The van der Waals surface area contributed by atoms with Gasteiger partial charge in [-0.2, -0.15) is 10.1 Å². The monoisotopic (exact) mass is 356 g/mol. The number of carbonyl (C=O) groups excluding carboxylic acids is 2. The largest absolute Gasteiger partial charge is 0.276 e. The number of non-ortho nitro benzene ring substituents is 2. The van der Waals surface area contributed by atoms with Gasteiger partial charge in [-0.15, -0.1) is 0 Å². The predicted molar refractivity (Wildman–Crippen MR) is 86.9 cm³/mol. The van der Waals surface area contributed by atoms with E-state index in [2.05, 4.69) is 5.10 Å². The van der Waals surface area contributed by atoms with Crippen molar-refractivity contribution in [2.75, 3.05) is 0 Å². The maximum Gasteiger partial charge on any atom is 0.276 e. The fraction of sp³-hybridized carbons (Fsp3) is 0.312. The van der Waals surface area contributed by atoms with E-state index in [0.29, 0.717) is 0 Å². The zero-order valence-corrected chi connectivity index (χ0v) is 13.2. The van der Waals surface area contributed by atoms with Gasteiger partial charge in [0.15, 0.2) is 0 Å². The Morgan fingerprint density at radius 1 is 0.962 bits per heavy atom. The lowest BCUT2D eigenvalue weighted by Crippen LogP contribution is -2.28. The van der Waals surface area contributed by atoms with Crippen molar-refractivity contribution in [3.8, 4) is 0 Å². The molecule has 0 unspecified atom stereocenters. The fourth-order valence-electron chi connectivity index (χ4n) is 4.03. The van der Waals surface area contributed by atoms with Crippen molar-refractivity contribution in [2.45, 2.75) is 6.42 Å². The molecule has 2 fully saturated rings. The first kappa shape index (κ1) is 16.1. The van der Waals surface area contributed by atoms with Crippen LogP contribution in [0.25, 0.3) is 0 Å². The van der Waals surface area contributed by atoms with Gasteiger partial charge in [-0.25, -0.2) is 0 Å². The topological polar surface area (TPSA) is 136 Å². The SMILES string of the molecule is O=C1[C@H]2[C@H](C(=O)N1/N=C\c1cc([N+](=O)[O-])cc([N+](=O)[O-])c1)[C@H]1C=C[C@H]2C1. The Kier molecular flexibility index (Phi) is 3.43. The molecular weight excluding hydrogens is 344 g/mol. The number of hydrogen-bond acceptors (Lipinski definition) is 7. The number of nitrogens with zero attached hydrogens (tertiary/aromatic N) is 4. The van der Waals surface area contributed by atoms with E-state index in [1.165, 1.54) is 0 Å². The number of hydrogen-bond donors (Lipinski definition) is 0. The van der Waals surface area contributed by atoms with Crippen molar-refractivity contribution >= 4 is 29.4 Å². The van der Waals surface area contributed by atoms with Crippen LogP contribution in [0.5, 0.6) is 0 Å². The number of imide groups is 1. The Labute approximate surface area is 146 Å². The van der Waals surface area contributed by atoms with Gasteiger partial charge in [0.2, 0.25) is 0 Å². The summed E-state index contributed by atoms with van der Waals surface area (Å²) in [6.07, 6.45) is 5.76. The third-order valence-electron chi connectivity index (χ3n) is 5.12. The lowest BCUT2D eigenvalue weighted by molar-refractivity contribution is -0.394. The molecule has 10 heteroatoms. The molecule has 1 aromatic carbocycles. The quantitative estimate of drug-likeness (QED) is 0.264. The smallest absolute Gasteiger partial charge is 0.272 e. The minimum absolute atomic E-state index is 0.0422. The lowest BCUT2D eigenvalue weighted by atomic mass is 9.85. The van der Waals surface area contributed by atoms with Crippen molar-refractivity contribution in [3.63, 3.8) is 0 Å². The lowest BCUT2D eigenvalue weighted by Gasteiger charge is -2.13. The molecule has 0 N–H and O–H groups in total. The summed E-state index contributed by atoms with van der Waals surface area (Å²) >= 11 is 0. The first-order valence-electron chi connectivity index (χ1n) is 7.91. The summed E-state index contributed by atoms with van der Waals surface area (Å²) in [5.41, 5.74) is -0.887. The second-order valence-corrected chi connectivity index (χ2v) is 6.53. The van der Waals surface area contributed by atoms with Gasteiger partial charge < -0.3 is 0 Å². The molecule has 0 spiro atoms. The van der Waals surface area contributed by atoms with Crippen molar-refractivity contribution in [1.29, 1.82) is 0 Å². The predicted octanol–water partition coefficient (Wildman–Crippen LogP) is 1.64. The van der Waals surface area contributed by atoms with Gasteiger partial charge in [0, 0.05) is 17.7 Å². The van der Waals surface area contributed by atoms with E-state index in [-0.39, 0.29) is 17.4 Å². The van der Waals surface area contributed by atoms with Crippen LogP contribution < -0.4 is 0 Å². The van der Waals surface area contributed by atoms with Crippen LogP contribution in [0.4, 0.5) is 11.4 Å². The maximum atomic E-state index is 12.5. The van der Waals surface area contributed by atoms with Crippen molar-refractivity contribution in [1.82, 2.24) is 5.01 Å². The van der Waals surface area contributed by atoms with E-state index in [1.807, 2.05) is 12.2 Å². The number of fused-ring (bicyclic) bond motifs is 5. The van der Waals surface area contributed by atoms with Gasteiger partial charge in [-0.3, -0.25) is 29.8 Å². The number of hydrazone groups is 1. The molecule has 1 saturated carbocycles. The Hall–Kier alpha value is -3.43. The molecule has 4 atom stereocenters. The third-order valence-corrected chi connectivity index (χ3v) is 5.12. The maximum absolute atomic E-state index is 12.5. The van der Waals surface area contributed by atoms with E-state index < -0.39 is 44.9 Å². The molecule has 26 heavy (non-hydrogen) atoms. The molecule has 2 bridgehead atoms. The van der Waals surface area contributed by atoms with E-state index in [1.54, 1.807) is 0 Å². The number of carbonyl (C=O) groups is 2. The van der Waals surface area contributed by atoms with Crippen LogP contribution in [-0.4, -0.2) is 32.9 Å². The second-order valence-electron chi connectivity index (χ2n) is 6.53. The molecule has 10 nitrogen and oxygen atoms in total. The van der Waals surface area contributed by atoms with Crippen LogP contribution in [0.1, 0.15) is 12.0 Å². The number of nitro groups is 2. The van der Waals surface area contributed by atoms with Crippen LogP contribution in [0, 0.1) is 43.9 Å². The van der Waals surface area contributed by atoms with E-state index in [9.17, 15) is 29.8 Å². The summed E-state index contributed by atoms with van der Waals surface area (Å²) < 4.78 is 0. The first-order valence-corrected chi connectivity index (χ1v) is 7.91. The Bertz CT molecular complexity index is 861. The van der Waals surface area contributed by atoms with Crippen LogP contribution in [0.2, 0.25) is 0 Å². The van der Waals surface area contributed by atoms with Gasteiger partial charge >= 0.3 is 0 Å². The normalized spacial score (nSPS) is 29.0. The van der Waals surface area contributed by atoms with Crippen LogP contribution >= 0.6 is 0 Å². The molecule has 2 amide bonds. The summed E-state index contributed by atoms with van der Waals surface area (Å²) in [4.78, 5) is 45.3. The zero-order chi connectivity index (χ0) is 18.6. The van der Waals surface area contributed by atoms with Crippen LogP contribution in [0.3, 0.4) is 0 Å². The fourth-order valence-corrected chi connectivity index (χ4v) is 4.03. The molecule has 4 rings (SSSR count). The molecule has 1 aromatic rings. The van der Waals surface area contributed by atoms with Gasteiger partial charge in [-0.1, -0.05) is 12.2 Å². The Balaban J connectivity index is 1.63. The van der Waals surface area contributed by atoms with Crippen LogP contribution in [0.15, 0.2) is 35.5 Å². The first-order chi connectivity index (χ1) is 12.4. The molecule has 1 saturated heterocycles. The second kappa shape index (κ2) is 5.55. The summed E-state index contributed by atoms with van der Waals surface area (Å²) in [6.45, 7) is 0. The van der Waals surface area contributed by atoms with E-state index >= 15 is 0 Å². The van der Waals surface area contributed by atoms with Gasteiger partial charge in [-0.05, 0) is 18.3 Å². The van der Waals surface area contributed by atoms with Crippen molar-refractivity contribution in [2.24, 2.45) is 28.8 Å². The number of rotatable bonds is 4. The minimum Gasteiger partial charge on any atom is -0.272 e. The molecule has 1 heterocycles. The molecule has 0 aromatic heterocycles. The molecule has 132 valence electrons. The standard InChI is InChI=1S/C16H12N4O6/c21-15-13-9-1-2-10(5-9)14(13)16(22)18(15)17-7-8-3-11(19(23)24)6-12(4-8)20(25)26/h1-4,6-7,9-10,13-14H,5H2/b17-7-/t9-,10-,13+,14+/m0/s1. The highest BCUT2D eigenvalue weighted by atomic mass is 16.6. The van der Waals surface area contributed by atoms with Gasteiger partial charge in [0.25, 0.3) is 23.2 Å². The molecule has 2 aliphatic carbocycles. The van der Waals surface area contributed by atoms with Crippen molar-refractivity contribution in [3.05, 3.63) is 56.1 Å². The highest BCUT2D eigenvalue weighted by molar-refractivity contribution is 6.06. The zero-order valence-electron chi connectivity index (χ0n) is 13.2. The average molecular weight is 356 g/mol. The highest BCUT2D eigenvalue weighted by Gasteiger charge is 2.59. The van der Waals surface area contributed by atoms with Crippen molar-refractivity contribution < 1.29 is 19.4 Å². The minimum atomic E-state index is -0.760. The Morgan fingerprint density at radius 3 is 1.92 bits per heavy atom. The highest BCUT2D eigenvalue weighted by Crippen LogP contribution is 2.52. The molecule has 1 aliphatic heterocycles. The van der Waals surface area contributed by atoms with Gasteiger partial charge in [0.1, 0.15) is 0 Å². The third kappa shape index (κ3) is 2.30. The Morgan fingerprint density at radius 2 is 1.46 bits per heavy atom.